The van der Waals surface area contributed by atoms with Crippen molar-refractivity contribution in [3.05, 3.63) is 81.7 Å². The van der Waals surface area contributed by atoms with Crippen LogP contribution in [0.5, 0.6) is 5.75 Å². The Bertz CT molecular complexity index is 1380. The molecular weight excluding hydrogens is 482 g/mol. The molecule has 0 saturated carbocycles. The van der Waals surface area contributed by atoms with Gasteiger partial charge in [0.2, 0.25) is 5.91 Å². The van der Waals surface area contributed by atoms with E-state index in [9.17, 15) is 14.4 Å². The molecule has 0 spiro atoms. The van der Waals surface area contributed by atoms with Crippen molar-refractivity contribution in [2.75, 3.05) is 51.3 Å². The van der Waals surface area contributed by atoms with Crippen molar-refractivity contribution in [1.29, 1.82) is 0 Å². The SMILES string of the molecule is COc1ccc(C(=O)N2CCN(CCC(=O)N(CC=C(C)C)c3ccc4c(C)cc(=O)oc4c3)CC2)cc1. The summed E-state index contributed by atoms with van der Waals surface area (Å²) in [6.07, 6.45) is 2.36. The standard InChI is InChI=1S/C30H35N3O5/c1-21(2)11-14-33(24-7-10-26-22(3)19-29(35)38-27(26)20-24)28(34)12-13-31-15-17-32(18-16-31)30(36)23-5-8-25(37-4)9-6-23/h5-11,19-20H,12-18H2,1-4H3. The van der Waals surface area contributed by atoms with E-state index in [1.807, 2.05) is 43.9 Å². The Balaban J connectivity index is 1.38. The zero-order valence-corrected chi connectivity index (χ0v) is 22.5. The molecule has 38 heavy (non-hydrogen) atoms. The van der Waals surface area contributed by atoms with E-state index in [2.05, 4.69) is 4.90 Å². The molecule has 0 radical (unpaired) electrons. The first-order chi connectivity index (χ1) is 18.2. The number of methoxy groups -OCH3 is 1. The van der Waals surface area contributed by atoms with Crippen molar-refractivity contribution in [1.82, 2.24) is 9.80 Å². The van der Waals surface area contributed by atoms with Gasteiger partial charge in [-0.2, -0.15) is 0 Å². The third-order valence-corrected chi connectivity index (χ3v) is 6.87. The fourth-order valence-electron chi connectivity index (χ4n) is 4.59. The average molecular weight is 518 g/mol. The van der Waals surface area contributed by atoms with Crippen molar-refractivity contribution in [3.8, 4) is 5.75 Å². The maximum absolute atomic E-state index is 13.4. The van der Waals surface area contributed by atoms with Crippen molar-refractivity contribution in [2.45, 2.75) is 27.2 Å². The van der Waals surface area contributed by atoms with Crippen LogP contribution in [0.15, 0.2) is 69.4 Å². The highest BCUT2D eigenvalue weighted by Gasteiger charge is 2.24. The molecule has 2 amide bonds. The van der Waals surface area contributed by atoms with E-state index in [4.69, 9.17) is 9.15 Å². The summed E-state index contributed by atoms with van der Waals surface area (Å²) < 4.78 is 10.6. The number of nitrogens with zero attached hydrogens (tertiary/aromatic N) is 3. The highest BCUT2D eigenvalue weighted by atomic mass is 16.5. The summed E-state index contributed by atoms with van der Waals surface area (Å²) in [5, 5.41) is 0.852. The fraction of sp³-hybridized carbons (Fsp3) is 0.367. The molecule has 0 unspecified atom stereocenters. The minimum atomic E-state index is -0.404. The topological polar surface area (TPSA) is 83.3 Å². The smallest absolute Gasteiger partial charge is 0.336 e. The van der Waals surface area contributed by atoms with E-state index in [1.165, 1.54) is 6.07 Å². The van der Waals surface area contributed by atoms with Gasteiger partial charge in [-0.15, -0.1) is 0 Å². The van der Waals surface area contributed by atoms with Gasteiger partial charge in [0, 0.05) is 74.5 Å². The van der Waals surface area contributed by atoms with E-state index in [0.29, 0.717) is 62.5 Å². The first-order valence-electron chi connectivity index (χ1n) is 12.9. The molecule has 1 fully saturated rings. The number of aryl methyl sites for hydroxylation is 1. The van der Waals surface area contributed by atoms with Gasteiger partial charge < -0.3 is 19.0 Å². The van der Waals surface area contributed by atoms with Gasteiger partial charge in [-0.3, -0.25) is 14.5 Å². The lowest BCUT2D eigenvalue weighted by atomic mass is 10.1. The Morgan fingerprint density at radius 2 is 1.74 bits per heavy atom. The quantitative estimate of drug-likeness (QED) is 0.328. The van der Waals surface area contributed by atoms with Crippen LogP contribution in [0.25, 0.3) is 11.0 Å². The summed E-state index contributed by atoms with van der Waals surface area (Å²) >= 11 is 0. The Morgan fingerprint density at radius 1 is 1.03 bits per heavy atom. The van der Waals surface area contributed by atoms with Crippen LogP contribution in [-0.4, -0.2) is 68.0 Å². The molecule has 8 heteroatoms. The molecule has 3 aromatic rings. The number of anilines is 1. The fourth-order valence-corrected chi connectivity index (χ4v) is 4.59. The van der Waals surface area contributed by atoms with Crippen LogP contribution in [0, 0.1) is 6.92 Å². The second-order valence-electron chi connectivity index (χ2n) is 9.83. The lowest BCUT2D eigenvalue weighted by molar-refractivity contribution is -0.118. The minimum Gasteiger partial charge on any atom is -0.497 e. The predicted octanol–water partition coefficient (Wildman–Crippen LogP) is 4.26. The molecule has 4 rings (SSSR count). The molecule has 1 aliphatic rings. The maximum Gasteiger partial charge on any atom is 0.336 e. The van der Waals surface area contributed by atoms with Gasteiger partial charge in [0.15, 0.2) is 0 Å². The van der Waals surface area contributed by atoms with Crippen molar-refractivity contribution < 1.29 is 18.7 Å². The molecule has 0 atom stereocenters. The molecule has 2 heterocycles. The van der Waals surface area contributed by atoms with Gasteiger partial charge in [-0.25, -0.2) is 4.79 Å². The number of hydrogen-bond donors (Lipinski definition) is 0. The number of rotatable bonds is 8. The maximum atomic E-state index is 13.4. The summed E-state index contributed by atoms with van der Waals surface area (Å²) in [4.78, 5) is 43.9. The van der Waals surface area contributed by atoms with Crippen LogP contribution in [0.2, 0.25) is 0 Å². The highest BCUT2D eigenvalue weighted by Crippen LogP contribution is 2.24. The number of fused-ring (bicyclic) bond motifs is 1. The molecule has 0 aliphatic carbocycles. The molecule has 0 bridgehead atoms. The normalized spacial score (nSPS) is 13.8. The van der Waals surface area contributed by atoms with Crippen LogP contribution in [0.3, 0.4) is 0 Å². The second kappa shape index (κ2) is 12.1. The molecule has 1 aliphatic heterocycles. The summed E-state index contributed by atoms with van der Waals surface area (Å²) in [7, 11) is 1.60. The first kappa shape index (κ1) is 27.1. The van der Waals surface area contributed by atoms with Crippen molar-refractivity contribution in [2.24, 2.45) is 0 Å². The summed E-state index contributed by atoms with van der Waals surface area (Å²) in [5.74, 6) is 0.723. The first-order valence-corrected chi connectivity index (χ1v) is 12.9. The Morgan fingerprint density at radius 3 is 2.39 bits per heavy atom. The largest absolute Gasteiger partial charge is 0.497 e. The molecule has 1 aromatic heterocycles. The Labute approximate surface area is 223 Å². The van der Waals surface area contributed by atoms with E-state index in [-0.39, 0.29) is 11.8 Å². The summed E-state index contributed by atoms with van der Waals surface area (Å²) in [6, 6.07) is 14.2. The van der Waals surface area contributed by atoms with E-state index in [1.54, 1.807) is 42.3 Å². The average Bonchev–Trinajstić information content (AvgIpc) is 2.91. The Hall–Kier alpha value is -3.91. The number of ether oxygens (including phenoxy) is 1. The molecule has 0 N–H and O–H groups in total. The monoisotopic (exact) mass is 517 g/mol. The lowest BCUT2D eigenvalue weighted by Crippen LogP contribution is -2.49. The third-order valence-electron chi connectivity index (χ3n) is 6.87. The number of hydrogen-bond acceptors (Lipinski definition) is 6. The van der Waals surface area contributed by atoms with Gasteiger partial charge in [-0.05, 0) is 62.7 Å². The number of carbonyl (C=O) groups is 2. The van der Waals surface area contributed by atoms with Gasteiger partial charge in [0.1, 0.15) is 11.3 Å². The zero-order valence-electron chi connectivity index (χ0n) is 22.5. The van der Waals surface area contributed by atoms with Crippen LogP contribution in [0.4, 0.5) is 5.69 Å². The third kappa shape index (κ3) is 6.50. The van der Waals surface area contributed by atoms with Gasteiger partial charge in [-0.1, -0.05) is 11.6 Å². The second-order valence-corrected chi connectivity index (χ2v) is 9.83. The Kier molecular flexibility index (Phi) is 8.63. The van der Waals surface area contributed by atoms with Gasteiger partial charge in [0.05, 0.1) is 7.11 Å². The molecule has 8 nitrogen and oxygen atoms in total. The van der Waals surface area contributed by atoms with Crippen LogP contribution in [0.1, 0.15) is 36.2 Å². The minimum absolute atomic E-state index is 0.00594. The van der Waals surface area contributed by atoms with E-state index >= 15 is 0 Å². The van der Waals surface area contributed by atoms with Crippen LogP contribution >= 0.6 is 0 Å². The summed E-state index contributed by atoms with van der Waals surface area (Å²) in [5.41, 5.74) is 3.37. The molecule has 1 saturated heterocycles. The number of amides is 2. The van der Waals surface area contributed by atoms with Crippen molar-refractivity contribution in [3.63, 3.8) is 0 Å². The zero-order chi connectivity index (χ0) is 27.2. The van der Waals surface area contributed by atoms with Gasteiger partial charge in [0.25, 0.3) is 5.91 Å². The molecule has 2 aromatic carbocycles. The molecule has 200 valence electrons. The lowest BCUT2D eigenvalue weighted by Gasteiger charge is -2.35. The number of carbonyl (C=O) groups excluding carboxylic acids is 2. The van der Waals surface area contributed by atoms with Crippen LogP contribution < -0.4 is 15.3 Å². The summed E-state index contributed by atoms with van der Waals surface area (Å²) in [6.45, 7) is 9.56. The number of allylic oxidation sites excluding steroid dienone is 1. The van der Waals surface area contributed by atoms with Crippen molar-refractivity contribution >= 4 is 28.5 Å². The van der Waals surface area contributed by atoms with Gasteiger partial charge >= 0.3 is 5.63 Å². The highest BCUT2D eigenvalue weighted by molar-refractivity contribution is 5.96. The predicted molar refractivity (Wildman–Crippen MR) is 149 cm³/mol. The number of piperazine rings is 1. The number of benzene rings is 2. The molecular formula is C30H35N3O5. The van der Waals surface area contributed by atoms with E-state index in [0.717, 1.165) is 22.3 Å². The van der Waals surface area contributed by atoms with E-state index < -0.39 is 5.63 Å². The van der Waals surface area contributed by atoms with Crippen LogP contribution in [-0.2, 0) is 4.79 Å².